The third-order valence-corrected chi connectivity index (χ3v) is 2.55. The maximum absolute atomic E-state index is 11.9. The van der Waals surface area contributed by atoms with Gasteiger partial charge in [-0.1, -0.05) is 6.07 Å². The molecule has 0 radical (unpaired) electrons. The highest BCUT2D eigenvalue weighted by Gasteiger charge is 2.28. The van der Waals surface area contributed by atoms with Crippen molar-refractivity contribution in [3.63, 3.8) is 0 Å². The molecular formula is C12H15N3O2. The first kappa shape index (κ1) is 11.4. The van der Waals surface area contributed by atoms with Gasteiger partial charge in [-0.15, -0.1) is 0 Å². The van der Waals surface area contributed by atoms with E-state index in [9.17, 15) is 9.59 Å². The fourth-order valence-corrected chi connectivity index (χ4v) is 1.57. The van der Waals surface area contributed by atoms with Crippen LogP contribution in [0.1, 0.15) is 19.8 Å². The van der Waals surface area contributed by atoms with Crippen LogP contribution in [0.2, 0.25) is 0 Å². The minimum atomic E-state index is -0.384. The first-order valence-electron chi connectivity index (χ1n) is 5.54. The molecular weight excluding hydrogens is 218 g/mol. The highest BCUT2D eigenvalue weighted by atomic mass is 16.2. The highest BCUT2D eigenvalue weighted by molar-refractivity contribution is 6.13. The van der Waals surface area contributed by atoms with Gasteiger partial charge in [0.15, 0.2) is 0 Å². The molecule has 1 aromatic carbocycles. The monoisotopic (exact) mass is 233 g/mol. The third-order valence-electron chi connectivity index (χ3n) is 2.55. The number of benzene rings is 1. The van der Waals surface area contributed by atoms with Crippen LogP contribution in [0.25, 0.3) is 0 Å². The van der Waals surface area contributed by atoms with E-state index in [0.29, 0.717) is 11.4 Å². The zero-order valence-corrected chi connectivity index (χ0v) is 9.64. The lowest BCUT2D eigenvalue weighted by atomic mass is 10.2. The second kappa shape index (κ2) is 4.45. The van der Waals surface area contributed by atoms with Gasteiger partial charge in [0.05, 0.1) is 5.69 Å². The lowest BCUT2D eigenvalue weighted by Gasteiger charge is -2.19. The number of nitrogen functional groups attached to an aromatic ring is 1. The molecule has 1 aliphatic rings. The van der Waals surface area contributed by atoms with Crippen LogP contribution in [0.5, 0.6) is 0 Å². The van der Waals surface area contributed by atoms with Gasteiger partial charge in [0.2, 0.25) is 5.91 Å². The summed E-state index contributed by atoms with van der Waals surface area (Å²) < 4.78 is 0. The second-order valence-corrected chi connectivity index (χ2v) is 4.17. The Morgan fingerprint density at radius 2 is 2.12 bits per heavy atom. The Labute approximate surface area is 99.6 Å². The Hall–Kier alpha value is -2.04. The summed E-state index contributed by atoms with van der Waals surface area (Å²) >= 11 is 0. The molecule has 5 nitrogen and oxygen atoms in total. The predicted octanol–water partition coefficient (Wildman–Crippen LogP) is 1.49. The van der Waals surface area contributed by atoms with Gasteiger partial charge in [0.25, 0.3) is 0 Å². The summed E-state index contributed by atoms with van der Waals surface area (Å²) in [5.41, 5.74) is 6.66. The van der Waals surface area contributed by atoms with Crippen LogP contribution in [0, 0.1) is 0 Å². The maximum Gasteiger partial charge on any atom is 0.328 e. The van der Waals surface area contributed by atoms with Crippen LogP contribution in [-0.4, -0.2) is 18.0 Å². The van der Waals surface area contributed by atoms with Crippen molar-refractivity contribution >= 4 is 23.3 Å². The second-order valence-electron chi connectivity index (χ2n) is 4.17. The molecule has 5 heteroatoms. The van der Waals surface area contributed by atoms with E-state index >= 15 is 0 Å². The number of nitrogens with zero attached hydrogens (tertiary/aromatic N) is 1. The number of anilines is 2. The molecule has 17 heavy (non-hydrogen) atoms. The van der Waals surface area contributed by atoms with Gasteiger partial charge in [-0.25, -0.2) is 9.69 Å². The molecule has 90 valence electrons. The summed E-state index contributed by atoms with van der Waals surface area (Å²) in [6, 6.07) is 6.54. The van der Waals surface area contributed by atoms with Crippen LogP contribution in [0.4, 0.5) is 16.2 Å². The van der Waals surface area contributed by atoms with E-state index in [-0.39, 0.29) is 18.0 Å². The number of carbonyl (C=O) groups excluding carboxylic acids is 2. The van der Waals surface area contributed by atoms with E-state index in [4.69, 9.17) is 5.73 Å². The van der Waals surface area contributed by atoms with Crippen LogP contribution in [0.3, 0.4) is 0 Å². The van der Waals surface area contributed by atoms with Crippen molar-refractivity contribution in [2.24, 2.45) is 0 Å². The molecule has 0 aliphatic heterocycles. The fraction of sp³-hybridized carbons (Fsp3) is 0.333. The highest BCUT2D eigenvalue weighted by Crippen LogP contribution is 2.22. The van der Waals surface area contributed by atoms with Crippen molar-refractivity contribution in [2.45, 2.75) is 25.8 Å². The van der Waals surface area contributed by atoms with Gasteiger partial charge in [0, 0.05) is 18.7 Å². The molecule has 3 N–H and O–H groups in total. The molecule has 0 bridgehead atoms. The average Bonchev–Trinajstić information content (AvgIpc) is 3.01. The average molecular weight is 233 g/mol. The van der Waals surface area contributed by atoms with Gasteiger partial charge >= 0.3 is 6.03 Å². The minimum Gasteiger partial charge on any atom is -0.399 e. The molecule has 0 unspecified atom stereocenters. The number of nitrogens with two attached hydrogens (primary N) is 1. The van der Waals surface area contributed by atoms with E-state index in [1.54, 1.807) is 24.3 Å². The quantitative estimate of drug-likeness (QED) is 0.760. The Morgan fingerprint density at radius 1 is 1.41 bits per heavy atom. The van der Waals surface area contributed by atoms with Crippen LogP contribution < -0.4 is 16.0 Å². The normalized spacial score (nSPS) is 14.2. The Bertz CT molecular complexity index is 455. The van der Waals surface area contributed by atoms with E-state index in [0.717, 1.165) is 17.7 Å². The largest absolute Gasteiger partial charge is 0.399 e. The van der Waals surface area contributed by atoms with Gasteiger partial charge in [0.1, 0.15) is 0 Å². The summed E-state index contributed by atoms with van der Waals surface area (Å²) in [7, 11) is 0. The zero-order valence-electron chi connectivity index (χ0n) is 9.64. The molecule has 1 aromatic rings. The lowest BCUT2D eigenvalue weighted by Crippen LogP contribution is -2.43. The maximum atomic E-state index is 11.9. The molecule has 1 fully saturated rings. The van der Waals surface area contributed by atoms with Crippen LogP contribution >= 0.6 is 0 Å². The van der Waals surface area contributed by atoms with Crippen molar-refractivity contribution in [3.05, 3.63) is 24.3 Å². The van der Waals surface area contributed by atoms with E-state index < -0.39 is 0 Å². The molecule has 0 heterocycles. The molecule has 1 saturated carbocycles. The SMILES string of the molecule is CC(=O)N(C(=O)NC1CC1)c1cccc(N)c1. The number of amides is 3. The molecule has 3 amide bonds. The van der Waals surface area contributed by atoms with Gasteiger partial charge in [-0.05, 0) is 31.0 Å². The number of carbonyl (C=O) groups is 2. The number of imide groups is 1. The predicted molar refractivity (Wildman–Crippen MR) is 65.6 cm³/mol. The molecule has 2 rings (SSSR count). The van der Waals surface area contributed by atoms with Crippen LogP contribution in [0.15, 0.2) is 24.3 Å². The molecule has 0 spiro atoms. The smallest absolute Gasteiger partial charge is 0.328 e. The molecule has 0 aromatic heterocycles. The van der Waals surface area contributed by atoms with Gasteiger partial charge in [-0.2, -0.15) is 0 Å². The van der Waals surface area contributed by atoms with Crippen LogP contribution in [-0.2, 0) is 4.79 Å². The standard InChI is InChI=1S/C12H15N3O2/c1-8(16)15(12(17)14-10-5-6-10)11-4-2-3-9(13)7-11/h2-4,7,10H,5-6,13H2,1H3,(H,14,17). The van der Waals surface area contributed by atoms with E-state index in [1.165, 1.54) is 6.92 Å². The molecule has 0 atom stereocenters. The summed E-state index contributed by atoms with van der Waals surface area (Å²) in [6.45, 7) is 1.36. The number of hydrogen-bond acceptors (Lipinski definition) is 3. The van der Waals surface area contributed by atoms with Crippen molar-refractivity contribution in [1.29, 1.82) is 0 Å². The Kier molecular flexibility index (Phi) is 2.99. The number of urea groups is 1. The fourth-order valence-electron chi connectivity index (χ4n) is 1.57. The summed E-state index contributed by atoms with van der Waals surface area (Å²) in [4.78, 5) is 24.5. The van der Waals surface area contributed by atoms with Crippen molar-refractivity contribution < 1.29 is 9.59 Å². The first-order valence-corrected chi connectivity index (χ1v) is 5.54. The zero-order chi connectivity index (χ0) is 12.4. The van der Waals surface area contributed by atoms with Gasteiger partial charge < -0.3 is 11.1 Å². The topological polar surface area (TPSA) is 75.4 Å². The summed E-state index contributed by atoms with van der Waals surface area (Å²) in [6.07, 6.45) is 1.96. The molecule has 1 aliphatic carbocycles. The molecule has 0 saturated heterocycles. The van der Waals surface area contributed by atoms with Crippen molar-refractivity contribution in [3.8, 4) is 0 Å². The van der Waals surface area contributed by atoms with Crippen molar-refractivity contribution in [2.75, 3.05) is 10.6 Å². The number of hydrogen-bond donors (Lipinski definition) is 2. The third kappa shape index (κ3) is 2.75. The summed E-state index contributed by atoms with van der Waals surface area (Å²) in [5.74, 6) is -0.325. The van der Waals surface area contributed by atoms with Crippen molar-refractivity contribution in [1.82, 2.24) is 5.32 Å². The number of nitrogens with one attached hydrogen (secondary N) is 1. The van der Waals surface area contributed by atoms with Gasteiger partial charge in [-0.3, -0.25) is 4.79 Å². The Morgan fingerprint density at radius 3 is 2.65 bits per heavy atom. The first-order chi connectivity index (χ1) is 8.08. The Balaban J connectivity index is 2.21. The van der Waals surface area contributed by atoms with E-state index in [1.807, 2.05) is 0 Å². The number of rotatable bonds is 2. The lowest BCUT2D eigenvalue weighted by molar-refractivity contribution is -0.115. The minimum absolute atomic E-state index is 0.213. The van der Waals surface area contributed by atoms with E-state index in [2.05, 4.69) is 5.32 Å². The summed E-state index contributed by atoms with van der Waals surface area (Å²) in [5, 5.41) is 2.78.